The summed E-state index contributed by atoms with van der Waals surface area (Å²) < 4.78 is 82.7. The fraction of sp³-hybridized carbons (Fsp3) is 0.265. The van der Waals surface area contributed by atoms with Crippen LogP contribution in [0.25, 0.3) is 6.08 Å². The van der Waals surface area contributed by atoms with Crippen molar-refractivity contribution in [2.75, 3.05) is 89.4 Å². The van der Waals surface area contributed by atoms with Gasteiger partial charge in [0.2, 0.25) is 10.0 Å². The molecule has 15 heterocycles. The van der Waals surface area contributed by atoms with Gasteiger partial charge in [0.25, 0.3) is 0 Å². The molecule has 6 aromatic heterocycles. The van der Waals surface area contributed by atoms with Crippen molar-refractivity contribution in [3.8, 4) is 23.0 Å². The third-order valence-electron chi connectivity index (χ3n) is 14.6. The minimum absolute atomic E-state index is 0.114. The Kier molecular flexibility index (Phi) is 23.9. The summed E-state index contributed by atoms with van der Waals surface area (Å²) in [6.45, 7) is 9.12. The van der Waals surface area contributed by atoms with Crippen LogP contribution >= 0.6 is 0 Å². The Hall–Kier alpha value is -9.88. The largest absolute Gasteiger partial charge is 0.493 e. The molecule has 0 atom stereocenters. The summed E-state index contributed by atoms with van der Waals surface area (Å²) in [5.74, 6) is 3.88. The van der Waals surface area contributed by atoms with Crippen LogP contribution in [-0.4, -0.2) is 106 Å². The van der Waals surface area contributed by atoms with Crippen molar-refractivity contribution >= 4 is 60.4 Å². The highest BCUT2D eigenvalue weighted by Crippen LogP contribution is 2.30. The molecule has 0 unspecified atom stereocenters. The number of aryl methyl sites for hydroxylation is 2. The molecule has 9 aromatic rings. The Bertz CT molecular complexity index is 3400. The maximum atomic E-state index is 11.0. The minimum Gasteiger partial charge on any atom is -0.493 e. The van der Waals surface area contributed by atoms with Crippen LogP contribution in [0.1, 0.15) is 57.3 Å². The van der Waals surface area contributed by atoms with Gasteiger partial charge < -0.3 is 44.4 Å². The number of benzene rings is 3. The predicted molar refractivity (Wildman–Crippen MR) is 357 cm³/mol. The summed E-state index contributed by atoms with van der Waals surface area (Å²) in [5, 5.41) is 9.70. The molecule has 0 amide bonds. The number of hydrogen-bond donors (Lipinski definition) is 6. The summed E-state index contributed by atoms with van der Waals surface area (Å²) in [5.41, 5.74) is 15.1. The Labute approximate surface area is 536 Å². The molecule has 9 aliphatic heterocycles. The van der Waals surface area contributed by atoms with Gasteiger partial charge in [-0.1, -0.05) is 54.6 Å². The van der Waals surface area contributed by atoms with Crippen LogP contribution in [0.2, 0.25) is 0 Å². The first-order valence-electron chi connectivity index (χ1n) is 30.3. The van der Waals surface area contributed by atoms with E-state index in [2.05, 4.69) is 72.2 Å². The van der Waals surface area contributed by atoms with E-state index >= 15 is 0 Å². The van der Waals surface area contributed by atoms with Gasteiger partial charge in [0.15, 0.2) is 5.75 Å². The zero-order chi connectivity index (χ0) is 63.5. The van der Waals surface area contributed by atoms with Gasteiger partial charge >= 0.3 is 10.2 Å². The standard InChI is InChI=1S/C9H8O.C8H10N2.3C8H9NO.2C7H8N2O.C7H7NO2S.C6H6N2O2S/c1-2-6-9-8(4-1)5-3-7-10-9;1-2-7-6-9-5-3-8(7)10-4-1;1-3-9-5-7-2-4-10-6-8(1)7;1-3-9-5-8-6-10-4-2-7(1)8;1-2-7-6-9-4-3-8(7)10-5-1;1-2-8-5-6-7(1)10-4-3-9-6;1-2-8-5-7-6(1)9-3-4-10-7;9-11(10)5-6-3-1-2-4-7(6)8-11;9-11(10)7-5-3-1-2-4-6(5)8-11/h1-6H,7H2;3,5-6,10H,1-2,4H2;2*1,3,5H,2,4,6H2;3-4,6H,1-2,5H2;2*1-2,5,9H,3-4H2;1-4,8H,5H2;1-4,7-8H. The number of sulfonamides is 1. The third-order valence-corrected chi connectivity index (χ3v) is 16.8. The fourth-order valence-corrected chi connectivity index (χ4v) is 12.3. The number of rotatable bonds is 0. The molecular weight excluding hydrogens is 1210 g/mol. The van der Waals surface area contributed by atoms with Crippen molar-refractivity contribution in [1.82, 2.24) is 29.9 Å². The molecule has 0 saturated heterocycles. The van der Waals surface area contributed by atoms with E-state index in [1.807, 2.05) is 122 Å². The SMILES string of the molecule is C1=Cc2ccccc2OC1.O=S1(=O)Cc2ccccc2N1.O=S1(=O)Nc2ccccc2N1.c1cc2c(cn1)CCCN2.c1cc2c(cn1)CCCO2.c1cc2c(cn1)CCOC2.c1cc2c(cn1)COCC2.c1cc2c(cn1)NCCO2.c1cc2c(cn1)OCCN2. The Morgan fingerprint density at radius 1 is 0.359 bits per heavy atom. The quantitative estimate of drug-likeness (QED) is 0.0823. The van der Waals surface area contributed by atoms with E-state index in [0.29, 0.717) is 23.7 Å². The highest BCUT2D eigenvalue weighted by atomic mass is 32.2. The van der Waals surface area contributed by atoms with E-state index in [1.54, 1.807) is 61.3 Å². The van der Waals surface area contributed by atoms with Gasteiger partial charge in [-0.3, -0.25) is 44.1 Å². The lowest BCUT2D eigenvalue weighted by Crippen LogP contribution is -2.17. The normalized spacial score (nSPS) is 16.1. The Morgan fingerprint density at radius 2 is 0.924 bits per heavy atom. The molecule has 0 fully saturated rings. The Morgan fingerprint density at radius 3 is 1.63 bits per heavy atom. The van der Waals surface area contributed by atoms with Crippen LogP contribution < -0.4 is 49.1 Å². The topological polar surface area (TPSA) is 273 Å². The Balaban J connectivity index is 0.000000113. The van der Waals surface area contributed by atoms with Gasteiger partial charge in [-0.2, -0.15) is 8.42 Å². The number of nitrogens with one attached hydrogen (secondary N) is 6. The van der Waals surface area contributed by atoms with Crippen molar-refractivity contribution in [1.29, 1.82) is 0 Å². The number of ether oxygens (including phenoxy) is 6. The van der Waals surface area contributed by atoms with E-state index in [-0.39, 0.29) is 5.75 Å². The molecular formula is C68H74N12O10S2. The summed E-state index contributed by atoms with van der Waals surface area (Å²) in [4.78, 5) is 24.0. The number of aromatic nitrogens is 6. The molecule has 9 aliphatic rings. The second kappa shape index (κ2) is 33.8. The van der Waals surface area contributed by atoms with Crippen molar-refractivity contribution < 1.29 is 45.3 Å². The van der Waals surface area contributed by atoms with Gasteiger partial charge in [-0.25, -0.2) is 8.42 Å². The van der Waals surface area contributed by atoms with Crippen LogP contribution in [0.4, 0.5) is 34.1 Å². The third kappa shape index (κ3) is 20.1. The molecule has 0 radical (unpaired) electrons. The van der Waals surface area contributed by atoms with Crippen LogP contribution in [0, 0.1) is 0 Å². The molecule has 0 spiro atoms. The highest BCUT2D eigenvalue weighted by molar-refractivity contribution is 7.94. The van der Waals surface area contributed by atoms with E-state index in [0.717, 1.165) is 132 Å². The van der Waals surface area contributed by atoms with Crippen molar-refractivity contribution in [2.24, 2.45) is 0 Å². The van der Waals surface area contributed by atoms with Gasteiger partial charge in [0.05, 0.1) is 79.6 Å². The first kappa shape index (κ1) is 65.1. The predicted octanol–water partition coefficient (Wildman–Crippen LogP) is 10.7. The highest BCUT2D eigenvalue weighted by Gasteiger charge is 2.23. The number of fused-ring (bicyclic) bond motifs is 9. The van der Waals surface area contributed by atoms with E-state index in [1.165, 1.54) is 57.5 Å². The number of para-hydroxylation sites is 4. The lowest BCUT2D eigenvalue weighted by Gasteiger charge is -2.17. The lowest BCUT2D eigenvalue weighted by atomic mass is 10.1. The average Bonchev–Trinajstić information content (AvgIpc) is 1.85. The van der Waals surface area contributed by atoms with Crippen LogP contribution in [-0.2, 0) is 74.4 Å². The maximum absolute atomic E-state index is 11.0. The molecule has 92 heavy (non-hydrogen) atoms. The first-order valence-corrected chi connectivity index (χ1v) is 33.4. The smallest absolute Gasteiger partial charge is 0.321 e. The van der Waals surface area contributed by atoms with Gasteiger partial charge in [-0.15, -0.1) is 0 Å². The summed E-state index contributed by atoms with van der Waals surface area (Å²) in [6, 6.07) is 34.0. The number of nitrogens with zero attached hydrogens (tertiary/aromatic N) is 6. The van der Waals surface area contributed by atoms with Crippen LogP contribution in [0.5, 0.6) is 23.0 Å². The lowest BCUT2D eigenvalue weighted by molar-refractivity contribution is 0.110. The average molecular weight is 1280 g/mol. The summed E-state index contributed by atoms with van der Waals surface area (Å²) in [6.07, 6.45) is 32.7. The summed E-state index contributed by atoms with van der Waals surface area (Å²) in [7, 11) is -6.36. The monoisotopic (exact) mass is 1280 g/mol. The molecule has 22 nitrogen and oxygen atoms in total. The van der Waals surface area contributed by atoms with Crippen molar-refractivity contribution in [3.05, 3.63) is 234 Å². The molecule has 0 aliphatic carbocycles. The molecule has 18 rings (SSSR count). The van der Waals surface area contributed by atoms with E-state index in [9.17, 15) is 16.8 Å². The molecule has 0 bridgehead atoms. The van der Waals surface area contributed by atoms with E-state index in [4.69, 9.17) is 28.4 Å². The zero-order valence-electron chi connectivity index (χ0n) is 50.8. The summed E-state index contributed by atoms with van der Waals surface area (Å²) >= 11 is 0. The van der Waals surface area contributed by atoms with Crippen LogP contribution in [0.3, 0.4) is 0 Å². The fourth-order valence-electron chi connectivity index (χ4n) is 10.0. The number of pyridine rings is 6. The molecule has 24 heteroatoms. The minimum atomic E-state index is -3.31. The van der Waals surface area contributed by atoms with Crippen LogP contribution in [0.15, 0.2) is 190 Å². The van der Waals surface area contributed by atoms with E-state index < -0.39 is 20.2 Å². The van der Waals surface area contributed by atoms with Gasteiger partial charge in [0.1, 0.15) is 37.1 Å². The number of hydrogen-bond acceptors (Lipinski definition) is 19. The molecule has 478 valence electrons. The number of anilines is 6. The van der Waals surface area contributed by atoms with Crippen molar-refractivity contribution in [3.63, 3.8) is 0 Å². The molecule has 0 saturated carbocycles. The molecule has 3 aromatic carbocycles. The molecule has 6 N–H and O–H groups in total. The zero-order valence-corrected chi connectivity index (χ0v) is 52.4. The first-order chi connectivity index (χ1) is 45.1. The van der Waals surface area contributed by atoms with Gasteiger partial charge in [0, 0.05) is 104 Å². The van der Waals surface area contributed by atoms with Crippen molar-refractivity contribution in [2.45, 2.75) is 57.5 Å². The second-order valence-electron chi connectivity index (χ2n) is 21.2. The van der Waals surface area contributed by atoms with Gasteiger partial charge in [-0.05, 0) is 133 Å². The second-order valence-corrected chi connectivity index (χ2v) is 24.3. The maximum Gasteiger partial charge on any atom is 0.321 e.